The van der Waals surface area contributed by atoms with Gasteiger partial charge in [0, 0.05) is 26.2 Å². The third-order valence-corrected chi connectivity index (χ3v) is 6.41. The zero-order valence-corrected chi connectivity index (χ0v) is 18.8. The molecule has 1 aliphatic rings. The summed E-state index contributed by atoms with van der Waals surface area (Å²) in [5.41, 5.74) is 0.927. The highest BCUT2D eigenvalue weighted by Gasteiger charge is 2.30. The highest BCUT2D eigenvalue weighted by atomic mass is 32.2. The van der Waals surface area contributed by atoms with Crippen LogP contribution < -0.4 is 10.5 Å². The second kappa shape index (κ2) is 10.6. The highest BCUT2D eigenvalue weighted by molar-refractivity contribution is 7.89. The lowest BCUT2D eigenvalue weighted by Gasteiger charge is -2.21. The molecule has 0 radical (unpaired) electrons. The van der Waals surface area contributed by atoms with E-state index in [-0.39, 0.29) is 23.9 Å². The van der Waals surface area contributed by atoms with Crippen molar-refractivity contribution in [3.05, 3.63) is 65.2 Å². The van der Waals surface area contributed by atoms with Gasteiger partial charge in [-0.25, -0.2) is 13.6 Å². The number of benzene rings is 2. The number of halogens is 3. The van der Waals surface area contributed by atoms with E-state index in [9.17, 15) is 26.4 Å². The molecule has 3 rings (SSSR count). The Labute approximate surface area is 191 Å². The van der Waals surface area contributed by atoms with Crippen molar-refractivity contribution < 1.29 is 26.4 Å². The molecular weight excluding hydrogens is 457 g/mol. The van der Waals surface area contributed by atoms with Crippen molar-refractivity contribution in [3.8, 4) is 0 Å². The second-order valence-corrected chi connectivity index (χ2v) is 9.63. The van der Waals surface area contributed by atoms with E-state index in [1.54, 1.807) is 12.1 Å². The van der Waals surface area contributed by atoms with Crippen LogP contribution in [-0.2, 0) is 34.1 Å². The van der Waals surface area contributed by atoms with Gasteiger partial charge in [0.25, 0.3) is 0 Å². The predicted octanol–water partition coefficient (Wildman–Crippen LogP) is 2.18. The molecule has 33 heavy (non-hydrogen) atoms. The molecule has 1 saturated heterocycles. The summed E-state index contributed by atoms with van der Waals surface area (Å²) < 4.78 is 60.7. The molecule has 0 aliphatic carbocycles. The third kappa shape index (κ3) is 7.81. The number of nitrogens with one attached hydrogen (secondary N) is 1. The lowest BCUT2D eigenvalue weighted by Crippen LogP contribution is -2.39. The maximum Gasteiger partial charge on any atom is 0.416 e. The van der Waals surface area contributed by atoms with Gasteiger partial charge in [0.1, 0.15) is 0 Å². The summed E-state index contributed by atoms with van der Waals surface area (Å²) in [6, 6.07) is 11.2. The first-order valence-electron chi connectivity index (χ1n) is 10.5. The maximum atomic E-state index is 12.7. The summed E-state index contributed by atoms with van der Waals surface area (Å²) in [4.78, 5) is 16.6. The van der Waals surface area contributed by atoms with Crippen molar-refractivity contribution in [1.82, 2.24) is 15.1 Å². The van der Waals surface area contributed by atoms with Gasteiger partial charge in [0.15, 0.2) is 0 Å². The Morgan fingerprint density at radius 2 is 1.48 bits per heavy atom. The monoisotopic (exact) mass is 484 g/mol. The van der Waals surface area contributed by atoms with E-state index < -0.39 is 21.8 Å². The van der Waals surface area contributed by atoms with Crippen LogP contribution in [0, 0.1) is 0 Å². The van der Waals surface area contributed by atoms with E-state index in [4.69, 9.17) is 5.14 Å². The number of sulfonamides is 1. The molecule has 0 saturated carbocycles. The first kappa shape index (κ1) is 25.2. The van der Waals surface area contributed by atoms with Crippen LogP contribution in [0.1, 0.15) is 23.1 Å². The smallest absolute Gasteiger partial charge is 0.351 e. The van der Waals surface area contributed by atoms with Crippen molar-refractivity contribution in [2.45, 2.75) is 30.6 Å². The van der Waals surface area contributed by atoms with Crippen LogP contribution in [0.4, 0.5) is 13.2 Å². The second-order valence-electron chi connectivity index (χ2n) is 8.07. The van der Waals surface area contributed by atoms with Crippen LogP contribution in [0.3, 0.4) is 0 Å². The summed E-state index contributed by atoms with van der Waals surface area (Å²) in [6.07, 6.45) is -3.49. The Balaban J connectivity index is 1.43. The number of hydrogen-bond acceptors (Lipinski definition) is 5. The van der Waals surface area contributed by atoms with Crippen LogP contribution in [-0.4, -0.2) is 56.8 Å². The van der Waals surface area contributed by atoms with Gasteiger partial charge in [-0.05, 0) is 54.9 Å². The minimum Gasteiger partial charge on any atom is -0.351 e. The van der Waals surface area contributed by atoms with E-state index in [1.165, 1.54) is 24.3 Å². The number of carbonyl (C=O) groups is 1. The SMILES string of the molecule is NS(=O)(=O)c1ccc(CNC(=O)CN2CCCN(Cc3ccc(C(F)(F)F)cc3)CC2)cc1. The fourth-order valence-corrected chi connectivity index (χ4v) is 4.17. The molecule has 180 valence electrons. The van der Waals surface area contributed by atoms with Crippen molar-refractivity contribution in [2.24, 2.45) is 5.14 Å². The van der Waals surface area contributed by atoms with Crippen LogP contribution >= 0.6 is 0 Å². The Bertz CT molecular complexity index is 1040. The molecule has 1 heterocycles. The number of primary sulfonamides is 1. The van der Waals surface area contributed by atoms with Gasteiger partial charge in [-0.15, -0.1) is 0 Å². The number of rotatable bonds is 7. The predicted molar refractivity (Wildman–Crippen MR) is 117 cm³/mol. The molecule has 2 aromatic carbocycles. The Hall–Kier alpha value is -2.47. The topological polar surface area (TPSA) is 95.7 Å². The number of nitrogens with zero attached hydrogens (tertiary/aromatic N) is 2. The molecular formula is C22H27F3N4O3S. The molecule has 1 amide bonds. The van der Waals surface area contributed by atoms with Gasteiger partial charge >= 0.3 is 6.18 Å². The zero-order valence-electron chi connectivity index (χ0n) is 18.0. The lowest BCUT2D eigenvalue weighted by molar-refractivity contribution is -0.137. The molecule has 3 N–H and O–H groups in total. The zero-order chi connectivity index (χ0) is 24.1. The van der Waals surface area contributed by atoms with Crippen LogP contribution in [0.5, 0.6) is 0 Å². The average molecular weight is 485 g/mol. The molecule has 1 fully saturated rings. The van der Waals surface area contributed by atoms with Crippen LogP contribution in [0.25, 0.3) is 0 Å². The summed E-state index contributed by atoms with van der Waals surface area (Å²) in [5.74, 6) is -0.137. The van der Waals surface area contributed by atoms with Gasteiger partial charge in [-0.1, -0.05) is 24.3 Å². The Morgan fingerprint density at radius 1 is 0.909 bits per heavy atom. The fraction of sp³-hybridized carbons (Fsp3) is 0.409. The molecule has 0 spiro atoms. The summed E-state index contributed by atoms with van der Waals surface area (Å²) in [7, 11) is -3.75. The van der Waals surface area contributed by atoms with Crippen LogP contribution in [0.2, 0.25) is 0 Å². The van der Waals surface area contributed by atoms with Gasteiger partial charge in [-0.2, -0.15) is 13.2 Å². The van der Waals surface area contributed by atoms with Gasteiger partial charge in [0.2, 0.25) is 15.9 Å². The first-order valence-corrected chi connectivity index (χ1v) is 12.0. The minimum absolute atomic E-state index is 0.0167. The van der Waals surface area contributed by atoms with Gasteiger partial charge in [0.05, 0.1) is 17.0 Å². The molecule has 0 atom stereocenters. The third-order valence-electron chi connectivity index (χ3n) is 5.48. The number of nitrogens with two attached hydrogens (primary N) is 1. The summed E-state index contributed by atoms with van der Waals surface area (Å²) in [5, 5.41) is 7.90. The fourth-order valence-electron chi connectivity index (χ4n) is 3.65. The molecule has 0 bridgehead atoms. The summed E-state index contributed by atoms with van der Waals surface area (Å²) in [6.45, 7) is 4.02. The van der Waals surface area contributed by atoms with Crippen molar-refractivity contribution in [1.29, 1.82) is 0 Å². The van der Waals surface area contributed by atoms with E-state index >= 15 is 0 Å². The Kier molecular flexibility index (Phi) is 8.11. The number of hydrogen-bond donors (Lipinski definition) is 2. The van der Waals surface area contributed by atoms with Crippen molar-refractivity contribution in [2.75, 3.05) is 32.7 Å². The average Bonchev–Trinajstić information content (AvgIpc) is 2.97. The maximum absolute atomic E-state index is 12.7. The van der Waals surface area contributed by atoms with Crippen molar-refractivity contribution in [3.63, 3.8) is 0 Å². The normalized spacial score (nSPS) is 16.4. The summed E-state index contributed by atoms with van der Waals surface area (Å²) >= 11 is 0. The number of carbonyl (C=O) groups excluding carboxylic acids is 1. The standard InChI is InChI=1S/C22H27F3N4O3S/c23-22(24,25)19-6-2-18(3-7-19)15-28-10-1-11-29(13-12-28)16-21(30)27-14-17-4-8-20(9-5-17)33(26,31)32/h2-9H,1,10-16H2,(H,27,30)(H2,26,31,32). The molecule has 0 unspecified atom stereocenters. The van der Waals surface area contributed by atoms with Crippen molar-refractivity contribution >= 4 is 15.9 Å². The molecule has 0 aromatic heterocycles. The Morgan fingerprint density at radius 3 is 2.09 bits per heavy atom. The van der Waals surface area contributed by atoms with E-state index in [0.29, 0.717) is 19.6 Å². The molecule has 7 nitrogen and oxygen atoms in total. The first-order chi connectivity index (χ1) is 15.5. The van der Waals surface area contributed by atoms with E-state index in [2.05, 4.69) is 10.2 Å². The highest BCUT2D eigenvalue weighted by Crippen LogP contribution is 2.29. The number of amides is 1. The molecule has 11 heteroatoms. The van der Waals surface area contributed by atoms with E-state index in [1.807, 2.05) is 4.90 Å². The minimum atomic E-state index is -4.34. The van der Waals surface area contributed by atoms with Gasteiger partial charge in [-0.3, -0.25) is 14.6 Å². The van der Waals surface area contributed by atoms with E-state index in [0.717, 1.165) is 42.8 Å². The molecule has 1 aliphatic heterocycles. The largest absolute Gasteiger partial charge is 0.416 e. The van der Waals surface area contributed by atoms with Crippen LogP contribution in [0.15, 0.2) is 53.4 Å². The lowest BCUT2D eigenvalue weighted by atomic mass is 10.1. The number of alkyl halides is 3. The molecule has 2 aromatic rings. The quantitative estimate of drug-likeness (QED) is 0.628. The van der Waals surface area contributed by atoms with Gasteiger partial charge < -0.3 is 5.32 Å².